The lowest BCUT2D eigenvalue weighted by Gasteiger charge is -2.10. The van der Waals surface area contributed by atoms with Gasteiger partial charge in [0.2, 0.25) is 21.7 Å². The van der Waals surface area contributed by atoms with Crippen molar-refractivity contribution in [3.8, 4) is 17.1 Å². The van der Waals surface area contributed by atoms with Gasteiger partial charge in [0.25, 0.3) is 0 Å². The van der Waals surface area contributed by atoms with E-state index in [1.165, 1.54) is 13.2 Å². The molecule has 0 amide bonds. The summed E-state index contributed by atoms with van der Waals surface area (Å²) in [5, 5.41) is 3.87. The van der Waals surface area contributed by atoms with E-state index in [0.717, 1.165) is 10.0 Å². The average molecular weight is 503 g/mol. The van der Waals surface area contributed by atoms with Crippen LogP contribution in [0, 0.1) is 0 Å². The van der Waals surface area contributed by atoms with E-state index < -0.39 is 10.0 Å². The molecule has 0 spiro atoms. The zero-order valence-corrected chi connectivity index (χ0v) is 17.4. The summed E-state index contributed by atoms with van der Waals surface area (Å²) in [7, 11) is -2.42. The second-order valence-corrected chi connectivity index (χ2v) is 8.71. The first-order chi connectivity index (χ1) is 12.4. The number of methoxy groups -OCH3 is 1. The Morgan fingerprint density at radius 2 is 1.92 bits per heavy atom. The first-order valence-electron chi connectivity index (χ1n) is 7.31. The van der Waals surface area contributed by atoms with Crippen molar-refractivity contribution in [2.45, 2.75) is 11.4 Å². The molecule has 0 saturated heterocycles. The molecule has 0 bridgehead atoms. The van der Waals surface area contributed by atoms with Gasteiger partial charge in [-0.25, -0.2) is 13.1 Å². The number of nitrogens with one attached hydrogen (secondary N) is 1. The number of benzene rings is 2. The van der Waals surface area contributed by atoms with Crippen molar-refractivity contribution >= 4 is 41.9 Å². The van der Waals surface area contributed by atoms with Crippen LogP contribution in [-0.4, -0.2) is 25.7 Å². The summed E-state index contributed by atoms with van der Waals surface area (Å²) in [5.74, 6) is 0.763. The topological polar surface area (TPSA) is 94.3 Å². The molecule has 136 valence electrons. The molecule has 1 aromatic heterocycles. The van der Waals surface area contributed by atoms with E-state index in [0.29, 0.717) is 10.3 Å². The molecular formula is C16H13Br2N3O4S. The van der Waals surface area contributed by atoms with Crippen LogP contribution in [0.1, 0.15) is 5.89 Å². The summed E-state index contributed by atoms with van der Waals surface area (Å²) in [6.45, 7) is -0.140. The number of hydrogen-bond donors (Lipinski definition) is 1. The maximum absolute atomic E-state index is 12.6. The van der Waals surface area contributed by atoms with Crippen molar-refractivity contribution in [1.29, 1.82) is 0 Å². The Morgan fingerprint density at radius 1 is 1.15 bits per heavy atom. The Hall–Kier alpha value is -1.75. The number of rotatable bonds is 6. The predicted octanol–water partition coefficient (Wildman–Crippen LogP) is 3.75. The third-order valence-electron chi connectivity index (χ3n) is 3.38. The lowest BCUT2D eigenvalue weighted by atomic mass is 10.2. The van der Waals surface area contributed by atoms with E-state index in [1.807, 2.05) is 24.3 Å². The zero-order chi connectivity index (χ0) is 18.7. The molecule has 7 nitrogen and oxygen atoms in total. The molecule has 26 heavy (non-hydrogen) atoms. The maximum atomic E-state index is 12.6. The van der Waals surface area contributed by atoms with E-state index in [-0.39, 0.29) is 23.1 Å². The highest BCUT2D eigenvalue weighted by Crippen LogP contribution is 2.27. The second-order valence-electron chi connectivity index (χ2n) is 5.14. The summed E-state index contributed by atoms with van der Waals surface area (Å²) in [6, 6.07) is 12.1. The molecular weight excluding hydrogens is 490 g/mol. The zero-order valence-electron chi connectivity index (χ0n) is 13.4. The van der Waals surface area contributed by atoms with Gasteiger partial charge in [-0.2, -0.15) is 4.98 Å². The van der Waals surface area contributed by atoms with Gasteiger partial charge >= 0.3 is 0 Å². The molecule has 2 aromatic carbocycles. The molecule has 1 heterocycles. The van der Waals surface area contributed by atoms with Gasteiger partial charge in [0, 0.05) is 14.5 Å². The van der Waals surface area contributed by atoms with E-state index in [4.69, 9.17) is 9.26 Å². The van der Waals surface area contributed by atoms with Gasteiger partial charge in [-0.1, -0.05) is 49.1 Å². The fourth-order valence-corrected chi connectivity index (χ4v) is 4.25. The minimum absolute atomic E-state index is 0.0149. The van der Waals surface area contributed by atoms with E-state index in [2.05, 4.69) is 46.7 Å². The Bertz CT molecular complexity index is 1040. The highest BCUT2D eigenvalue weighted by atomic mass is 79.9. The molecule has 0 atom stereocenters. The van der Waals surface area contributed by atoms with Gasteiger partial charge < -0.3 is 9.26 Å². The predicted molar refractivity (Wildman–Crippen MR) is 102 cm³/mol. The molecule has 10 heteroatoms. The normalized spacial score (nSPS) is 11.5. The second kappa shape index (κ2) is 7.87. The number of aromatic nitrogens is 2. The Kier molecular flexibility index (Phi) is 5.76. The molecule has 0 saturated carbocycles. The van der Waals surface area contributed by atoms with Crippen molar-refractivity contribution in [1.82, 2.24) is 14.9 Å². The van der Waals surface area contributed by atoms with Crippen LogP contribution in [0.2, 0.25) is 0 Å². The van der Waals surface area contributed by atoms with Crippen LogP contribution in [0.5, 0.6) is 5.75 Å². The number of nitrogens with zero attached hydrogens (tertiary/aromatic N) is 2. The van der Waals surface area contributed by atoms with Crippen molar-refractivity contribution in [2.75, 3.05) is 7.11 Å². The van der Waals surface area contributed by atoms with Gasteiger partial charge in [0.05, 0.1) is 13.7 Å². The summed E-state index contributed by atoms with van der Waals surface area (Å²) in [6.07, 6.45) is 0. The van der Waals surface area contributed by atoms with Gasteiger partial charge in [0.15, 0.2) is 0 Å². The van der Waals surface area contributed by atoms with E-state index >= 15 is 0 Å². The number of hydrogen-bond acceptors (Lipinski definition) is 6. The third kappa shape index (κ3) is 4.32. The first kappa shape index (κ1) is 19.0. The Morgan fingerprint density at radius 3 is 2.65 bits per heavy atom. The molecule has 0 fully saturated rings. The number of halogens is 2. The summed E-state index contributed by atoms with van der Waals surface area (Å²) in [5.41, 5.74) is 0.755. The van der Waals surface area contributed by atoms with Gasteiger partial charge in [0.1, 0.15) is 10.6 Å². The number of ether oxygens (including phenoxy) is 1. The molecule has 1 N–H and O–H groups in total. The standard InChI is InChI=1S/C16H13Br2N3O4S/c1-24-13-6-5-12(18)8-14(13)26(22,23)19-9-15-20-16(21-25-15)10-3-2-4-11(17)7-10/h2-8,19H,9H2,1H3. The maximum Gasteiger partial charge on any atom is 0.244 e. The minimum atomic E-state index is -3.83. The first-order valence-corrected chi connectivity index (χ1v) is 10.4. The average Bonchev–Trinajstić information content (AvgIpc) is 3.09. The molecule has 0 aliphatic rings. The lowest BCUT2D eigenvalue weighted by Crippen LogP contribution is -2.24. The van der Waals surface area contributed by atoms with E-state index in [9.17, 15) is 8.42 Å². The van der Waals surface area contributed by atoms with E-state index in [1.54, 1.807) is 12.1 Å². The third-order valence-corrected chi connectivity index (χ3v) is 5.79. The molecule has 0 aliphatic carbocycles. The van der Waals surface area contributed by atoms with Crippen LogP contribution in [0.15, 0.2) is 60.8 Å². The van der Waals surface area contributed by atoms with Gasteiger partial charge in [-0.05, 0) is 30.3 Å². The summed E-state index contributed by atoms with van der Waals surface area (Å²) >= 11 is 6.63. The monoisotopic (exact) mass is 501 g/mol. The number of sulfonamides is 1. The quantitative estimate of drug-likeness (QED) is 0.551. The molecule has 0 aliphatic heterocycles. The lowest BCUT2D eigenvalue weighted by molar-refractivity contribution is 0.375. The van der Waals surface area contributed by atoms with Crippen molar-refractivity contribution in [3.63, 3.8) is 0 Å². The largest absolute Gasteiger partial charge is 0.495 e. The molecule has 3 aromatic rings. The van der Waals surface area contributed by atoms with Crippen molar-refractivity contribution < 1.29 is 17.7 Å². The Labute approximate surface area is 167 Å². The van der Waals surface area contributed by atoms with Crippen LogP contribution in [0.25, 0.3) is 11.4 Å². The fourth-order valence-electron chi connectivity index (χ4n) is 2.17. The molecule has 0 radical (unpaired) electrons. The van der Waals surface area contributed by atoms with Crippen LogP contribution < -0.4 is 9.46 Å². The highest BCUT2D eigenvalue weighted by molar-refractivity contribution is 9.10. The van der Waals surface area contributed by atoms with Crippen molar-refractivity contribution in [3.05, 3.63) is 57.3 Å². The SMILES string of the molecule is COc1ccc(Br)cc1S(=O)(=O)NCc1nc(-c2cccc(Br)c2)no1. The highest BCUT2D eigenvalue weighted by Gasteiger charge is 2.21. The van der Waals surface area contributed by atoms with Crippen molar-refractivity contribution in [2.24, 2.45) is 0 Å². The summed E-state index contributed by atoms with van der Waals surface area (Å²) in [4.78, 5) is 4.23. The van der Waals surface area contributed by atoms with Crippen LogP contribution in [0.3, 0.4) is 0 Å². The minimum Gasteiger partial charge on any atom is -0.495 e. The summed E-state index contributed by atoms with van der Waals surface area (Å²) < 4.78 is 39.3. The van der Waals surface area contributed by atoms with Crippen LogP contribution in [0.4, 0.5) is 0 Å². The van der Waals surface area contributed by atoms with Crippen LogP contribution >= 0.6 is 31.9 Å². The fraction of sp³-hybridized carbons (Fsp3) is 0.125. The van der Waals surface area contributed by atoms with Gasteiger partial charge in [-0.3, -0.25) is 0 Å². The van der Waals surface area contributed by atoms with Gasteiger partial charge in [-0.15, -0.1) is 0 Å². The molecule has 0 unspecified atom stereocenters. The Balaban J connectivity index is 1.78. The van der Waals surface area contributed by atoms with Crippen LogP contribution in [-0.2, 0) is 16.6 Å². The molecule has 3 rings (SSSR count). The smallest absolute Gasteiger partial charge is 0.244 e.